The predicted octanol–water partition coefficient (Wildman–Crippen LogP) is 1.76. The molecule has 6 nitrogen and oxygen atoms in total. The molecule has 1 aromatic rings. The van der Waals surface area contributed by atoms with E-state index in [1.54, 1.807) is 9.80 Å². The molecule has 2 heterocycles. The van der Waals surface area contributed by atoms with Crippen LogP contribution in [0.15, 0.2) is 18.2 Å². The molecular weight excluding hydrogens is 316 g/mol. The third-order valence-electron chi connectivity index (χ3n) is 4.98. The molecule has 1 unspecified atom stereocenters. The third-order valence-corrected chi connectivity index (χ3v) is 4.98. The number of benzene rings is 1. The molecule has 25 heavy (non-hydrogen) atoms. The molecule has 2 aliphatic heterocycles. The Morgan fingerprint density at radius 1 is 1.12 bits per heavy atom. The van der Waals surface area contributed by atoms with Crippen molar-refractivity contribution in [3.63, 3.8) is 0 Å². The van der Waals surface area contributed by atoms with Crippen molar-refractivity contribution in [1.82, 2.24) is 15.1 Å². The van der Waals surface area contributed by atoms with Gasteiger partial charge in [-0.3, -0.25) is 4.79 Å². The molecule has 0 spiro atoms. The number of likely N-dealkylation sites (N-methyl/N-ethyl adjacent to an activating group) is 1. The van der Waals surface area contributed by atoms with Crippen LogP contribution in [0.4, 0.5) is 10.5 Å². The van der Waals surface area contributed by atoms with Crippen molar-refractivity contribution in [1.29, 1.82) is 0 Å². The SMILES string of the molecule is Cc1cc(C)cc(N2CCN(C(=O)NC3CCCN(C)C3)CC2=O)c1. The van der Waals surface area contributed by atoms with Gasteiger partial charge in [-0.25, -0.2) is 4.79 Å². The lowest BCUT2D eigenvalue weighted by molar-refractivity contribution is -0.120. The molecule has 2 fully saturated rings. The zero-order valence-corrected chi connectivity index (χ0v) is 15.4. The molecule has 0 saturated carbocycles. The van der Waals surface area contributed by atoms with E-state index in [4.69, 9.17) is 0 Å². The Hall–Kier alpha value is -2.08. The van der Waals surface area contributed by atoms with Gasteiger partial charge in [0.05, 0.1) is 0 Å². The standard InChI is InChI=1S/C19H28N4O2/c1-14-9-15(2)11-17(10-14)23-8-7-22(13-18(23)24)19(25)20-16-5-4-6-21(3)12-16/h9-11,16H,4-8,12-13H2,1-3H3,(H,20,25). The topological polar surface area (TPSA) is 55.9 Å². The summed E-state index contributed by atoms with van der Waals surface area (Å²) in [4.78, 5) is 30.7. The maximum absolute atomic E-state index is 12.6. The van der Waals surface area contributed by atoms with Crippen LogP contribution >= 0.6 is 0 Å². The molecule has 1 atom stereocenters. The van der Waals surface area contributed by atoms with E-state index in [2.05, 4.69) is 23.3 Å². The highest BCUT2D eigenvalue weighted by Gasteiger charge is 2.29. The number of urea groups is 1. The van der Waals surface area contributed by atoms with Crippen LogP contribution in [0.3, 0.4) is 0 Å². The van der Waals surface area contributed by atoms with Crippen LogP contribution in [-0.2, 0) is 4.79 Å². The van der Waals surface area contributed by atoms with Gasteiger partial charge in [0, 0.05) is 31.4 Å². The van der Waals surface area contributed by atoms with Crippen LogP contribution in [0.5, 0.6) is 0 Å². The molecule has 2 saturated heterocycles. The van der Waals surface area contributed by atoms with Gasteiger partial charge in [-0.15, -0.1) is 0 Å². The van der Waals surface area contributed by atoms with Crippen LogP contribution in [-0.4, -0.2) is 67.6 Å². The fourth-order valence-electron chi connectivity index (χ4n) is 3.78. The smallest absolute Gasteiger partial charge is 0.318 e. The van der Waals surface area contributed by atoms with Gasteiger partial charge in [0.25, 0.3) is 0 Å². The van der Waals surface area contributed by atoms with Crippen molar-refractivity contribution in [2.45, 2.75) is 32.7 Å². The summed E-state index contributed by atoms with van der Waals surface area (Å²) in [6.45, 7) is 7.27. The van der Waals surface area contributed by atoms with E-state index in [-0.39, 0.29) is 24.5 Å². The van der Waals surface area contributed by atoms with Crippen molar-refractivity contribution >= 4 is 17.6 Å². The van der Waals surface area contributed by atoms with Crippen molar-refractivity contribution in [2.24, 2.45) is 0 Å². The highest BCUT2D eigenvalue weighted by Crippen LogP contribution is 2.21. The molecule has 0 aliphatic carbocycles. The van der Waals surface area contributed by atoms with E-state index in [0.717, 1.165) is 42.7 Å². The van der Waals surface area contributed by atoms with Gasteiger partial charge in [-0.1, -0.05) is 6.07 Å². The quantitative estimate of drug-likeness (QED) is 0.889. The maximum atomic E-state index is 12.6. The first-order chi connectivity index (χ1) is 11.9. The number of carbonyl (C=O) groups excluding carboxylic acids is 2. The van der Waals surface area contributed by atoms with Gasteiger partial charge in [0.1, 0.15) is 6.54 Å². The summed E-state index contributed by atoms with van der Waals surface area (Å²) >= 11 is 0. The third kappa shape index (κ3) is 4.31. The predicted molar refractivity (Wildman–Crippen MR) is 98.9 cm³/mol. The molecule has 0 radical (unpaired) electrons. The second-order valence-electron chi connectivity index (χ2n) is 7.36. The van der Waals surface area contributed by atoms with E-state index in [1.165, 1.54) is 0 Å². The Kier molecular flexibility index (Phi) is 5.27. The van der Waals surface area contributed by atoms with E-state index < -0.39 is 0 Å². The number of piperazine rings is 1. The first-order valence-electron chi connectivity index (χ1n) is 9.05. The zero-order valence-electron chi connectivity index (χ0n) is 15.4. The summed E-state index contributed by atoms with van der Waals surface area (Å²) in [6.07, 6.45) is 2.10. The molecule has 6 heteroatoms. The number of rotatable bonds is 2. The highest BCUT2D eigenvalue weighted by atomic mass is 16.2. The molecule has 1 N–H and O–H groups in total. The van der Waals surface area contributed by atoms with Crippen LogP contribution in [0, 0.1) is 13.8 Å². The Morgan fingerprint density at radius 3 is 2.48 bits per heavy atom. The molecule has 136 valence electrons. The Balaban J connectivity index is 1.59. The fourth-order valence-corrected chi connectivity index (χ4v) is 3.78. The number of hydrogen-bond donors (Lipinski definition) is 1. The number of aryl methyl sites for hydroxylation is 2. The fraction of sp³-hybridized carbons (Fsp3) is 0.579. The number of likely N-dealkylation sites (tertiary alicyclic amines) is 1. The van der Waals surface area contributed by atoms with Crippen molar-refractivity contribution in [3.8, 4) is 0 Å². The zero-order chi connectivity index (χ0) is 18.0. The number of nitrogens with one attached hydrogen (secondary N) is 1. The van der Waals surface area contributed by atoms with Gasteiger partial charge < -0.3 is 20.0 Å². The normalized spacial score (nSPS) is 22.2. The summed E-state index contributed by atoms with van der Waals surface area (Å²) in [5, 5.41) is 3.09. The van der Waals surface area contributed by atoms with Crippen molar-refractivity contribution < 1.29 is 9.59 Å². The monoisotopic (exact) mass is 344 g/mol. The number of anilines is 1. The highest BCUT2D eigenvalue weighted by molar-refractivity contribution is 5.97. The molecular formula is C19H28N4O2. The van der Waals surface area contributed by atoms with Gasteiger partial charge in [0.2, 0.25) is 5.91 Å². The molecule has 1 aromatic carbocycles. The summed E-state index contributed by atoms with van der Waals surface area (Å²) in [6, 6.07) is 6.21. The minimum atomic E-state index is -0.117. The lowest BCUT2D eigenvalue weighted by atomic mass is 10.1. The lowest BCUT2D eigenvalue weighted by Crippen LogP contribution is -2.57. The molecule has 2 aliphatic rings. The molecule has 0 aromatic heterocycles. The maximum Gasteiger partial charge on any atom is 0.318 e. The van der Waals surface area contributed by atoms with Gasteiger partial charge in [0.15, 0.2) is 0 Å². The van der Waals surface area contributed by atoms with Crippen LogP contribution in [0.1, 0.15) is 24.0 Å². The van der Waals surface area contributed by atoms with E-state index in [0.29, 0.717) is 13.1 Å². The van der Waals surface area contributed by atoms with Crippen LogP contribution in [0.2, 0.25) is 0 Å². The van der Waals surface area contributed by atoms with Gasteiger partial charge >= 0.3 is 6.03 Å². The minimum Gasteiger partial charge on any atom is -0.334 e. The number of hydrogen-bond acceptors (Lipinski definition) is 3. The average Bonchev–Trinajstić information content (AvgIpc) is 2.53. The molecule has 3 rings (SSSR count). The second-order valence-corrected chi connectivity index (χ2v) is 7.36. The summed E-state index contributed by atoms with van der Waals surface area (Å²) in [5.74, 6) is -0.0211. The second kappa shape index (κ2) is 7.44. The van der Waals surface area contributed by atoms with Gasteiger partial charge in [-0.2, -0.15) is 0 Å². The number of nitrogens with zero attached hydrogens (tertiary/aromatic N) is 3. The molecule has 3 amide bonds. The first kappa shape index (κ1) is 17.7. The lowest BCUT2D eigenvalue weighted by Gasteiger charge is -2.36. The van der Waals surface area contributed by atoms with Crippen molar-refractivity contribution in [2.75, 3.05) is 44.7 Å². The van der Waals surface area contributed by atoms with Crippen molar-refractivity contribution in [3.05, 3.63) is 29.3 Å². The van der Waals surface area contributed by atoms with E-state index >= 15 is 0 Å². The Morgan fingerprint density at radius 2 is 1.84 bits per heavy atom. The minimum absolute atomic E-state index is 0.0211. The Bertz CT molecular complexity index is 641. The summed E-state index contributed by atoms with van der Waals surface area (Å²) in [7, 11) is 2.07. The Labute approximate surface area is 149 Å². The number of piperidine rings is 1. The van der Waals surface area contributed by atoms with Crippen LogP contribution < -0.4 is 10.2 Å². The van der Waals surface area contributed by atoms with Crippen LogP contribution in [0.25, 0.3) is 0 Å². The van der Waals surface area contributed by atoms with E-state index in [9.17, 15) is 9.59 Å². The van der Waals surface area contributed by atoms with E-state index in [1.807, 2.05) is 26.0 Å². The largest absolute Gasteiger partial charge is 0.334 e. The number of carbonyl (C=O) groups is 2. The summed E-state index contributed by atoms with van der Waals surface area (Å²) < 4.78 is 0. The average molecular weight is 344 g/mol. The summed E-state index contributed by atoms with van der Waals surface area (Å²) in [5.41, 5.74) is 3.21. The molecule has 0 bridgehead atoms. The number of amides is 3. The van der Waals surface area contributed by atoms with Gasteiger partial charge in [-0.05, 0) is 63.5 Å². The first-order valence-corrected chi connectivity index (χ1v) is 9.05.